The number of benzene rings is 2. The number of carbonyl (C=O) groups excluding carboxylic acids is 1. The van der Waals surface area contributed by atoms with Crippen LogP contribution in [0.4, 0.5) is 8.78 Å². The van der Waals surface area contributed by atoms with Gasteiger partial charge in [0.25, 0.3) is 0 Å². The molecule has 22 heavy (non-hydrogen) atoms. The van der Waals surface area contributed by atoms with Gasteiger partial charge in [0.2, 0.25) is 0 Å². The van der Waals surface area contributed by atoms with Crippen LogP contribution in [0.2, 0.25) is 0 Å². The number of nitrogens with two attached hydrogens (primary N) is 1. The van der Waals surface area contributed by atoms with Crippen molar-refractivity contribution in [1.29, 1.82) is 0 Å². The molecule has 0 aromatic heterocycles. The van der Waals surface area contributed by atoms with E-state index >= 15 is 0 Å². The molecule has 0 aliphatic heterocycles. The second kappa shape index (κ2) is 6.27. The summed E-state index contributed by atoms with van der Waals surface area (Å²) in [5.41, 5.74) is 5.80. The summed E-state index contributed by atoms with van der Waals surface area (Å²) in [6.45, 7) is 1.31. The Hall–Kier alpha value is -2.21. The summed E-state index contributed by atoms with van der Waals surface area (Å²) in [7, 11) is 1.36. The molecule has 0 aliphatic carbocycles. The molecule has 0 heterocycles. The molecule has 0 spiro atoms. The maximum Gasteiger partial charge on any atom is 0.379 e. The third-order valence-corrected chi connectivity index (χ3v) is 3.40. The quantitative estimate of drug-likeness (QED) is 0.862. The number of esters is 1. The van der Waals surface area contributed by atoms with Crippen molar-refractivity contribution in [3.63, 3.8) is 0 Å². The van der Waals surface area contributed by atoms with Crippen LogP contribution in [0.5, 0.6) is 5.75 Å². The number of alkyl halides is 2. The molecular weight excluding hydrogens is 292 g/mol. The van der Waals surface area contributed by atoms with Gasteiger partial charge in [0.05, 0.1) is 13.7 Å². The van der Waals surface area contributed by atoms with E-state index in [1.54, 1.807) is 36.4 Å². The first-order valence-corrected chi connectivity index (χ1v) is 6.79. The Morgan fingerprint density at radius 2 is 1.95 bits per heavy atom. The summed E-state index contributed by atoms with van der Waals surface area (Å²) in [4.78, 5) is 11.5. The summed E-state index contributed by atoms with van der Waals surface area (Å²) < 4.78 is 38.1. The van der Waals surface area contributed by atoms with Crippen molar-refractivity contribution in [2.45, 2.75) is 18.9 Å². The predicted octanol–water partition coefficient (Wildman–Crippen LogP) is 3.05. The number of carbonyl (C=O) groups is 1. The molecule has 0 aliphatic rings. The van der Waals surface area contributed by atoms with Crippen molar-refractivity contribution in [2.75, 3.05) is 13.7 Å². The van der Waals surface area contributed by atoms with Gasteiger partial charge in [-0.1, -0.05) is 30.3 Å². The Morgan fingerprint density at radius 1 is 1.27 bits per heavy atom. The molecule has 6 heteroatoms. The van der Waals surface area contributed by atoms with Crippen molar-refractivity contribution in [2.24, 2.45) is 5.73 Å². The fourth-order valence-electron chi connectivity index (χ4n) is 2.31. The molecule has 2 N–H and O–H groups in total. The zero-order valence-electron chi connectivity index (χ0n) is 12.3. The van der Waals surface area contributed by atoms with Crippen LogP contribution in [-0.4, -0.2) is 25.6 Å². The molecule has 2 aromatic rings. The number of ether oxygens (including phenoxy) is 2. The first kappa shape index (κ1) is 16.2. The summed E-state index contributed by atoms with van der Waals surface area (Å²) in [6, 6.07) is 8.36. The predicted molar refractivity (Wildman–Crippen MR) is 79.0 cm³/mol. The van der Waals surface area contributed by atoms with E-state index < -0.39 is 17.9 Å². The topological polar surface area (TPSA) is 61.5 Å². The second-order valence-corrected chi connectivity index (χ2v) is 4.72. The Morgan fingerprint density at radius 3 is 2.59 bits per heavy atom. The standard InChI is InChI=1S/C16H17F2NO3/c1-3-22-15(20)16(17,18)14(19)13-11-7-5-4-6-10(11)8-9-12(13)21-2/h4-9,14H,3,19H2,1-2H3/t14-/m0/s1. The Bertz CT molecular complexity index is 688. The van der Waals surface area contributed by atoms with Crippen LogP contribution >= 0.6 is 0 Å². The molecule has 0 saturated heterocycles. The van der Waals surface area contributed by atoms with E-state index in [0.29, 0.717) is 5.39 Å². The van der Waals surface area contributed by atoms with Crippen LogP contribution in [-0.2, 0) is 9.53 Å². The maximum absolute atomic E-state index is 14.3. The van der Waals surface area contributed by atoms with E-state index in [1.165, 1.54) is 14.0 Å². The minimum absolute atomic E-state index is 0.0821. The Kier molecular flexibility index (Phi) is 4.61. The van der Waals surface area contributed by atoms with Crippen molar-refractivity contribution in [3.8, 4) is 5.75 Å². The molecule has 0 bridgehead atoms. The van der Waals surface area contributed by atoms with E-state index in [0.717, 1.165) is 5.39 Å². The van der Waals surface area contributed by atoms with Crippen LogP contribution in [0, 0.1) is 0 Å². The van der Waals surface area contributed by atoms with Gasteiger partial charge < -0.3 is 15.2 Å². The summed E-state index contributed by atoms with van der Waals surface area (Å²) in [6.07, 6.45) is 0. The number of rotatable bonds is 5. The lowest BCUT2D eigenvalue weighted by Gasteiger charge is -2.24. The molecule has 0 amide bonds. The number of halogens is 2. The minimum Gasteiger partial charge on any atom is -0.496 e. The van der Waals surface area contributed by atoms with Crippen LogP contribution in [0.15, 0.2) is 36.4 Å². The highest BCUT2D eigenvalue weighted by molar-refractivity contribution is 5.90. The van der Waals surface area contributed by atoms with Crippen LogP contribution in [0.25, 0.3) is 10.8 Å². The van der Waals surface area contributed by atoms with Crippen LogP contribution in [0.1, 0.15) is 18.5 Å². The van der Waals surface area contributed by atoms with E-state index in [4.69, 9.17) is 10.5 Å². The lowest BCUT2D eigenvalue weighted by molar-refractivity contribution is -0.174. The zero-order valence-corrected chi connectivity index (χ0v) is 12.3. The van der Waals surface area contributed by atoms with Gasteiger partial charge in [-0.05, 0) is 23.8 Å². The van der Waals surface area contributed by atoms with E-state index in [-0.39, 0.29) is 17.9 Å². The third-order valence-electron chi connectivity index (χ3n) is 3.40. The fourth-order valence-corrected chi connectivity index (χ4v) is 2.31. The zero-order chi connectivity index (χ0) is 16.3. The lowest BCUT2D eigenvalue weighted by Crippen LogP contribution is -2.42. The van der Waals surface area contributed by atoms with E-state index in [9.17, 15) is 13.6 Å². The SMILES string of the molecule is CCOC(=O)C(F)(F)[C@@H](N)c1c(OC)ccc2ccccc12. The number of fused-ring (bicyclic) bond motifs is 1. The molecule has 4 nitrogen and oxygen atoms in total. The molecule has 1 atom stereocenters. The molecule has 0 unspecified atom stereocenters. The number of methoxy groups -OCH3 is 1. The molecule has 0 radical (unpaired) electrons. The first-order valence-electron chi connectivity index (χ1n) is 6.79. The minimum atomic E-state index is -3.85. The Labute approximate surface area is 126 Å². The Balaban J connectivity index is 2.59. The van der Waals surface area contributed by atoms with Gasteiger partial charge in [-0.15, -0.1) is 0 Å². The van der Waals surface area contributed by atoms with Crippen molar-refractivity contribution in [3.05, 3.63) is 42.0 Å². The average molecular weight is 309 g/mol. The molecule has 0 fully saturated rings. The second-order valence-electron chi connectivity index (χ2n) is 4.72. The highest BCUT2D eigenvalue weighted by Gasteiger charge is 2.49. The van der Waals surface area contributed by atoms with Gasteiger partial charge in [0.15, 0.2) is 0 Å². The van der Waals surface area contributed by atoms with Crippen molar-refractivity contribution in [1.82, 2.24) is 0 Å². The molecule has 118 valence electrons. The highest BCUT2D eigenvalue weighted by atomic mass is 19.3. The third kappa shape index (κ3) is 2.74. The fraction of sp³-hybridized carbons (Fsp3) is 0.312. The van der Waals surface area contributed by atoms with Gasteiger partial charge in [-0.2, -0.15) is 8.78 Å². The van der Waals surface area contributed by atoms with E-state index in [1.807, 2.05) is 0 Å². The van der Waals surface area contributed by atoms with Gasteiger partial charge >= 0.3 is 11.9 Å². The molecular formula is C16H17F2NO3. The molecule has 2 aromatic carbocycles. The van der Waals surface area contributed by atoms with Gasteiger partial charge in [0.1, 0.15) is 11.8 Å². The lowest BCUT2D eigenvalue weighted by atomic mass is 9.94. The summed E-state index contributed by atoms with van der Waals surface area (Å²) in [5, 5.41) is 1.24. The monoisotopic (exact) mass is 309 g/mol. The van der Waals surface area contributed by atoms with Gasteiger partial charge in [-0.3, -0.25) is 0 Å². The van der Waals surface area contributed by atoms with E-state index in [2.05, 4.69) is 4.74 Å². The van der Waals surface area contributed by atoms with Gasteiger partial charge in [-0.25, -0.2) is 4.79 Å². The van der Waals surface area contributed by atoms with Crippen molar-refractivity contribution < 1.29 is 23.0 Å². The maximum atomic E-state index is 14.3. The molecule has 2 rings (SSSR count). The highest BCUT2D eigenvalue weighted by Crippen LogP contribution is 2.39. The largest absolute Gasteiger partial charge is 0.496 e. The first-order chi connectivity index (χ1) is 10.4. The smallest absolute Gasteiger partial charge is 0.379 e. The molecule has 0 saturated carbocycles. The summed E-state index contributed by atoms with van der Waals surface area (Å²) >= 11 is 0. The van der Waals surface area contributed by atoms with Crippen molar-refractivity contribution >= 4 is 16.7 Å². The van der Waals surface area contributed by atoms with Crippen LogP contribution < -0.4 is 10.5 Å². The normalized spacial score (nSPS) is 13.0. The average Bonchev–Trinajstić information content (AvgIpc) is 2.53. The summed E-state index contributed by atoms with van der Waals surface area (Å²) in [5.74, 6) is -5.29. The van der Waals surface area contributed by atoms with Crippen LogP contribution in [0.3, 0.4) is 0 Å². The number of hydrogen-bond donors (Lipinski definition) is 1. The number of hydrogen-bond acceptors (Lipinski definition) is 4. The van der Waals surface area contributed by atoms with Gasteiger partial charge in [0, 0.05) is 5.56 Å².